The first-order valence-corrected chi connectivity index (χ1v) is 8.08. The molecule has 21 heavy (non-hydrogen) atoms. The highest BCUT2D eigenvalue weighted by atomic mass is 16.5. The number of carbonyl (C=O) groups excluding carboxylic acids is 2. The third-order valence-corrected chi connectivity index (χ3v) is 4.51. The minimum atomic E-state index is -0.386. The molecule has 2 unspecified atom stereocenters. The van der Waals surface area contributed by atoms with Crippen molar-refractivity contribution in [2.24, 2.45) is 17.6 Å². The maximum absolute atomic E-state index is 12.4. The molecule has 2 N–H and O–H groups in total. The van der Waals surface area contributed by atoms with Crippen LogP contribution in [0.4, 0.5) is 0 Å². The van der Waals surface area contributed by atoms with Gasteiger partial charge in [-0.2, -0.15) is 0 Å². The first-order valence-electron chi connectivity index (χ1n) is 8.08. The molecule has 0 aromatic rings. The molecule has 2 atom stereocenters. The molecular formula is C16H30N2O3. The molecule has 0 aromatic carbocycles. The number of hydrogen-bond acceptors (Lipinski definition) is 4. The van der Waals surface area contributed by atoms with E-state index in [2.05, 4.69) is 13.8 Å². The average Bonchev–Trinajstić information content (AvgIpc) is 2.50. The molecule has 0 saturated carbocycles. The van der Waals surface area contributed by atoms with Crippen LogP contribution in [0.25, 0.3) is 0 Å². The van der Waals surface area contributed by atoms with Crippen LogP contribution in [0.15, 0.2) is 0 Å². The number of esters is 1. The predicted octanol–water partition coefficient (Wildman–Crippen LogP) is 1.94. The number of carbonyl (C=O) groups is 2. The molecule has 1 heterocycles. The van der Waals surface area contributed by atoms with Crippen molar-refractivity contribution in [1.82, 2.24) is 4.90 Å². The lowest BCUT2D eigenvalue weighted by molar-refractivity contribution is -0.154. The summed E-state index contributed by atoms with van der Waals surface area (Å²) in [7, 11) is 1.38. The molecule has 0 aromatic heterocycles. The van der Waals surface area contributed by atoms with Gasteiger partial charge in [0.05, 0.1) is 7.11 Å². The largest absolute Gasteiger partial charge is 0.467 e. The normalized spacial score (nSPS) is 20.4. The Labute approximate surface area is 128 Å². The van der Waals surface area contributed by atoms with Crippen molar-refractivity contribution in [3.8, 4) is 0 Å². The Bertz CT molecular complexity index is 344. The van der Waals surface area contributed by atoms with Crippen LogP contribution in [0, 0.1) is 11.8 Å². The lowest BCUT2D eigenvalue weighted by Crippen LogP contribution is -2.48. The van der Waals surface area contributed by atoms with Gasteiger partial charge in [-0.15, -0.1) is 0 Å². The number of nitrogens with zero attached hydrogens (tertiary/aromatic N) is 1. The summed E-state index contributed by atoms with van der Waals surface area (Å²) in [4.78, 5) is 26.0. The number of piperidine rings is 1. The molecule has 1 rings (SSSR count). The van der Waals surface area contributed by atoms with Gasteiger partial charge in [-0.3, -0.25) is 4.79 Å². The second kappa shape index (κ2) is 9.03. The fraction of sp³-hybridized carbons (Fsp3) is 0.875. The number of likely N-dealkylation sites (tertiary alicyclic amines) is 1. The minimum Gasteiger partial charge on any atom is -0.467 e. The highest BCUT2D eigenvalue weighted by Crippen LogP contribution is 2.23. The van der Waals surface area contributed by atoms with Crippen LogP contribution in [-0.4, -0.2) is 43.0 Å². The quantitative estimate of drug-likeness (QED) is 0.729. The first-order chi connectivity index (χ1) is 10.0. The molecule has 1 amide bonds. The summed E-state index contributed by atoms with van der Waals surface area (Å²) in [6.07, 6.45) is 4.95. The molecule has 122 valence electrons. The van der Waals surface area contributed by atoms with Gasteiger partial charge in [-0.25, -0.2) is 4.79 Å². The van der Waals surface area contributed by atoms with Gasteiger partial charge in [0.2, 0.25) is 5.91 Å². The topological polar surface area (TPSA) is 72.6 Å². The highest BCUT2D eigenvalue weighted by molar-refractivity contribution is 5.84. The van der Waals surface area contributed by atoms with E-state index in [1.54, 1.807) is 4.90 Å². The van der Waals surface area contributed by atoms with Crippen molar-refractivity contribution < 1.29 is 14.3 Å². The van der Waals surface area contributed by atoms with E-state index in [9.17, 15) is 9.59 Å². The van der Waals surface area contributed by atoms with Crippen molar-refractivity contribution in [2.45, 2.75) is 58.4 Å². The lowest BCUT2D eigenvalue weighted by atomic mass is 9.88. The summed E-state index contributed by atoms with van der Waals surface area (Å²) in [5, 5.41) is 0. The second-order valence-corrected chi connectivity index (χ2v) is 6.24. The lowest BCUT2D eigenvalue weighted by Gasteiger charge is -2.34. The van der Waals surface area contributed by atoms with E-state index in [1.165, 1.54) is 7.11 Å². The number of hydrogen-bond donors (Lipinski definition) is 1. The van der Waals surface area contributed by atoms with Gasteiger partial charge in [-0.05, 0) is 50.5 Å². The van der Waals surface area contributed by atoms with Gasteiger partial charge in [0.25, 0.3) is 0 Å². The summed E-state index contributed by atoms with van der Waals surface area (Å²) in [6, 6.07) is -0.386. The number of ether oxygens (including phenoxy) is 1. The summed E-state index contributed by atoms with van der Waals surface area (Å²) in [5.41, 5.74) is 5.64. The SMILES string of the molecule is COC(=O)C1CCCCN1C(=O)CCC(CCN)C(C)C. The molecule has 0 bridgehead atoms. The number of amides is 1. The molecule has 1 saturated heterocycles. The first kappa shape index (κ1) is 18.0. The molecule has 1 aliphatic heterocycles. The van der Waals surface area contributed by atoms with Gasteiger partial charge < -0.3 is 15.4 Å². The van der Waals surface area contributed by atoms with Gasteiger partial charge in [-0.1, -0.05) is 13.8 Å². The number of methoxy groups -OCH3 is 1. The molecule has 0 spiro atoms. The molecule has 0 aliphatic carbocycles. The Kier molecular flexibility index (Phi) is 7.72. The zero-order valence-electron chi connectivity index (χ0n) is 13.6. The van der Waals surface area contributed by atoms with E-state index >= 15 is 0 Å². The molecule has 0 radical (unpaired) electrons. The minimum absolute atomic E-state index is 0.0766. The Hall–Kier alpha value is -1.10. The zero-order valence-corrected chi connectivity index (χ0v) is 13.6. The van der Waals surface area contributed by atoms with Crippen molar-refractivity contribution in [2.75, 3.05) is 20.2 Å². The Balaban J connectivity index is 2.57. The molecule has 5 heteroatoms. The molecule has 1 fully saturated rings. The molecular weight excluding hydrogens is 268 g/mol. The van der Waals surface area contributed by atoms with Crippen LogP contribution < -0.4 is 5.73 Å². The van der Waals surface area contributed by atoms with Crippen LogP contribution in [0.5, 0.6) is 0 Å². The van der Waals surface area contributed by atoms with E-state index in [1.807, 2.05) is 0 Å². The number of rotatable bonds is 7. The van der Waals surface area contributed by atoms with Crippen LogP contribution in [-0.2, 0) is 14.3 Å². The third-order valence-electron chi connectivity index (χ3n) is 4.51. The Morgan fingerprint density at radius 2 is 2.00 bits per heavy atom. The van der Waals surface area contributed by atoms with Crippen molar-refractivity contribution in [3.63, 3.8) is 0 Å². The van der Waals surface area contributed by atoms with Gasteiger partial charge in [0, 0.05) is 13.0 Å². The van der Waals surface area contributed by atoms with Crippen molar-refractivity contribution >= 4 is 11.9 Å². The van der Waals surface area contributed by atoms with E-state index in [4.69, 9.17) is 10.5 Å². The van der Waals surface area contributed by atoms with E-state index < -0.39 is 0 Å². The summed E-state index contributed by atoms with van der Waals surface area (Å²) in [5.74, 6) is 0.789. The number of nitrogens with two attached hydrogens (primary N) is 1. The van der Waals surface area contributed by atoms with Gasteiger partial charge >= 0.3 is 5.97 Å². The van der Waals surface area contributed by atoms with Crippen LogP contribution in [0.3, 0.4) is 0 Å². The van der Waals surface area contributed by atoms with E-state index in [0.717, 1.165) is 32.1 Å². The van der Waals surface area contributed by atoms with Crippen molar-refractivity contribution in [1.29, 1.82) is 0 Å². The van der Waals surface area contributed by atoms with Crippen LogP contribution in [0.1, 0.15) is 52.4 Å². The summed E-state index contributed by atoms with van der Waals surface area (Å²) >= 11 is 0. The maximum atomic E-state index is 12.4. The zero-order chi connectivity index (χ0) is 15.8. The van der Waals surface area contributed by atoms with Crippen molar-refractivity contribution in [3.05, 3.63) is 0 Å². The van der Waals surface area contributed by atoms with Crippen LogP contribution in [0.2, 0.25) is 0 Å². The standard InChI is InChI=1S/C16H30N2O3/c1-12(2)13(9-10-17)7-8-15(19)18-11-5-4-6-14(18)16(20)21-3/h12-14H,4-11,17H2,1-3H3. The van der Waals surface area contributed by atoms with Gasteiger partial charge in [0.1, 0.15) is 6.04 Å². The third kappa shape index (κ3) is 5.30. The summed E-state index contributed by atoms with van der Waals surface area (Å²) < 4.78 is 4.82. The summed E-state index contributed by atoms with van der Waals surface area (Å²) in [6.45, 7) is 5.67. The van der Waals surface area contributed by atoms with Crippen LogP contribution >= 0.6 is 0 Å². The van der Waals surface area contributed by atoms with Gasteiger partial charge in [0.15, 0.2) is 0 Å². The monoisotopic (exact) mass is 298 g/mol. The maximum Gasteiger partial charge on any atom is 0.328 e. The Morgan fingerprint density at radius 1 is 1.29 bits per heavy atom. The highest BCUT2D eigenvalue weighted by Gasteiger charge is 2.32. The predicted molar refractivity (Wildman–Crippen MR) is 82.6 cm³/mol. The fourth-order valence-electron chi connectivity index (χ4n) is 3.09. The Morgan fingerprint density at radius 3 is 2.57 bits per heavy atom. The van der Waals surface area contributed by atoms with E-state index in [-0.39, 0.29) is 17.9 Å². The average molecular weight is 298 g/mol. The molecule has 5 nitrogen and oxygen atoms in total. The fourth-order valence-corrected chi connectivity index (χ4v) is 3.09. The second-order valence-electron chi connectivity index (χ2n) is 6.24. The smallest absolute Gasteiger partial charge is 0.328 e. The molecule has 1 aliphatic rings. The van der Waals surface area contributed by atoms with E-state index in [0.29, 0.717) is 31.3 Å².